The van der Waals surface area contributed by atoms with Gasteiger partial charge in [-0.25, -0.2) is 4.39 Å². The molecule has 0 aromatic heterocycles. The molecule has 4 aromatic carbocycles. The van der Waals surface area contributed by atoms with Crippen molar-refractivity contribution in [1.29, 1.82) is 0 Å². The van der Waals surface area contributed by atoms with E-state index in [2.05, 4.69) is 0 Å². The van der Waals surface area contributed by atoms with E-state index in [9.17, 15) is 13.2 Å². The third-order valence-electron chi connectivity index (χ3n) is 6.07. The summed E-state index contributed by atoms with van der Waals surface area (Å²) in [5, 5.41) is 0. The van der Waals surface area contributed by atoms with Crippen molar-refractivity contribution >= 4 is 11.4 Å². The molecule has 2 unspecified atom stereocenters. The van der Waals surface area contributed by atoms with Gasteiger partial charge in [0, 0.05) is 11.4 Å². The van der Waals surface area contributed by atoms with Gasteiger partial charge in [0.05, 0.1) is 0 Å². The summed E-state index contributed by atoms with van der Waals surface area (Å²) in [4.78, 5) is 0. The molecular formula is C29H24F6N2O2. The van der Waals surface area contributed by atoms with Crippen LogP contribution in [0.4, 0.5) is 37.7 Å². The molecule has 0 aliphatic rings. The maximum Gasteiger partial charge on any atom is 0.457 e. The van der Waals surface area contributed by atoms with Gasteiger partial charge in [0.2, 0.25) is 0 Å². The number of rotatable bonds is 9. The molecule has 4 nitrogen and oxygen atoms in total. The number of ether oxygens (including phenoxy) is 2. The molecule has 10 heteroatoms. The van der Waals surface area contributed by atoms with E-state index in [1.54, 1.807) is 0 Å². The standard InChI is InChI=1S/C29H24F6N2O2/c30-27(28(31,32)29(33,34)35,25(19-7-3-1-4-8-19)38-23-15-11-21(36)12-16-23)26(20-9-5-2-6-10-20)39-24-17-13-22(37)14-18-24/h1-18,25-26H,36-37H2. The van der Waals surface area contributed by atoms with Gasteiger partial charge >= 0.3 is 12.1 Å². The first-order chi connectivity index (χ1) is 18.4. The molecule has 39 heavy (non-hydrogen) atoms. The van der Waals surface area contributed by atoms with E-state index in [1.165, 1.54) is 109 Å². The van der Waals surface area contributed by atoms with Crippen LogP contribution in [0.25, 0.3) is 0 Å². The Hall–Kier alpha value is -4.34. The van der Waals surface area contributed by atoms with Crippen molar-refractivity contribution in [1.82, 2.24) is 0 Å². The van der Waals surface area contributed by atoms with Gasteiger partial charge in [-0.1, -0.05) is 60.7 Å². The first-order valence-electron chi connectivity index (χ1n) is 11.7. The van der Waals surface area contributed by atoms with Gasteiger partial charge in [0.15, 0.2) is 12.2 Å². The third-order valence-corrected chi connectivity index (χ3v) is 6.07. The SMILES string of the molecule is Nc1ccc(OC(c2ccccc2)C(F)(C(Oc2ccc(N)cc2)c2ccccc2)C(F)(F)C(F)(F)F)cc1. The number of anilines is 2. The summed E-state index contributed by atoms with van der Waals surface area (Å²) in [6.07, 6.45) is -11.3. The molecule has 4 aromatic rings. The third kappa shape index (κ3) is 5.59. The molecule has 0 aliphatic heterocycles. The van der Waals surface area contributed by atoms with Crippen molar-refractivity contribution in [2.75, 3.05) is 11.5 Å². The Morgan fingerprint density at radius 3 is 1.13 bits per heavy atom. The van der Waals surface area contributed by atoms with Crippen molar-refractivity contribution < 1.29 is 35.8 Å². The smallest absolute Gasteiger partial charge is 0.457 e. The molecule has 0 amide bonds. The van der Waals surface area contributed by atoms with Crippen LogP contribution in [0.2, 0.25) is 0 Å². The van der Waals surface area contributed by atoms with Crippen LogP contribution in [0.1, 0.15) is 23.3 Å². The second kappa shape index (κ2) is 10.8. The van der Waals surface area contributed by atoms with Gasteiger partial charge in [0.1, 0.15) is 11.5 Å². The van der Waals surface area contributed by atoms with E-state index < -0.39 is 30.0 Å². The summed E-state index contributed by atoms with van der Waals surface area (Å²) in [6, 6.07) is 23.7. The van der Waals surface area contributed by atoms with Crippen LogP contribution in [0, 0.1) is 0 Å². The van der Waals surface area contributed by atoms with Gasteiger partial charge in [-0.2, -0.15) is 22.0 Å². The van der Waals surface area contributed by atoms with Crippen molar-refractivity contribution in [2.24, 2.45) is 0 Å². The first kappa shape index (κ1) is 27.7. The van der Waals surface area contributed by atoms with Crippen molar-refractivity contribution in [3.63, 3.8) is 0 Å². The lowest BCUT2D eigenvalue weighted by molar-refractivity contribution is -0.353. The predicted molar refractivity (Wildman–Crippen MR) is 136 cm³/mol. The van der Waals surface area contributed by atoms with Gasteiger partial charge in [-0.3, -0.25) is 0 Å². The number of nitrogens with two attached hydrogens (primary N) is 2. The largest absolute Gasteiger partial charge is 0.482 e. The Bertz CT molecular complexity index is 1260. The lowest BCUT2D eigenvalue weighted by Gasteiger charge is -2.44. The average molecular weight is 547 g/mol. The van der Waals surface area contributed by atoms with Gasteiger partial charge < -0.3 is 20.9 Å². The average Bonchev–Trinajstić information content (AvgIpc) is 2.92. The monoisotopic (exact) mass is 546 g/mol. The molecule has 0 fully saturated rings. The second-order valence-corrected chi connectivity index (χ2v) is 8.80. The summed E-state index contributed by atoms with van der Waals surface area (Å²) in [5.74, 6) is -6.34. The number of hydrogen-bond acceptors (Lipinski definition) is 4. The molecule has 0 heterocycles. The van der Waals surface area contributed by atoms with Crippen molar-refractivity contribution in [3.05, 3.63) is 120 Å². The molecule has 4 rings (SSSR count). The second-order valence-electron chi connectivity index (χ2n) is 8.80. The minimum absolute atomic E-state index is 0.183. The maximum absolute atomic E-state index is 17.5. The quantitative estimate of drug-likeness (QED) is 0.167. The van der Waals surface area contributed by atoms with E-state index in [0.29, 0.717) is 0 Å². The fourth-order valence-electron chi connectivity index (χ4n) is 4.10. The summed E-state index contributed by atoms with van der Waals surface area (Å²) >= 11 is 0. The zero-order chi connectivity index (χ0) is 28.3. The molecule has 204 valence electrons. The molecule has 2 atom stereocenters. The molecular weight excluding hydrogens is 522 g/mol. The Balaban J connectivity index is 1.99. The van der Waals surface area contributed by atoms with Crippen molar-refractivity contribution in [3.8, 4) is 11.5 Å². The summed E-state index contributed by atoms with van der Waals surface area (Å²) in [5.41, 5.74) is 6.81. The van der Waals surface area contributed by atoms with E-state index >= 15 is 13.2 Å². The van der Waals surface area contributed by atoms with E-state index in [-0.39, 0.29) is 34.0 Å². The van der Waals surface area contributed by atoms with Crippen LogP contribution >= 0.6 is 0 Å². The molecule has 0 saturated carbocycles. The lowest BCUT2D eigenvalue weighted by Crippen LogP contribution is -2.62. The Morgan fingerprint density at radius 2 is 0.821 bits per heavy atom. The van der Waals surface area contributed by atoms with Crippen LogP contribution in [-0.4, -0.2) is 17.8 Å². The number of nitrogen functional groups attached to an aromatic ring is 2. The highest BCUT2D eigenvalue weighted by Gasteiger charge is 2.78. The Kier molecular flexibility index (Phi) is 7.67. The molecule has 0 spiro atoms. The van der Waals surface area contributed by atoms with Gasteiger partial charge in [0.25, 0.3) is 5.67 Å². The topological polar surface area (TPSA) is 70.5 Å². The van der Waals surface area contributed by atoms with Crippen LogP contribution in [0.3, 0.4) is 0 Å². The fourth-order valence-corrected chi connectivity index (χ4v) is 4.10. The van der Waals surface area contributed by atoms with Crippen molar-refractivity contribution in [2.45, 2.75) is 30.0 Å². The fraction of sp³-hybridized carbons (Fsp3) is 0.172. The summed E-state index contributed by atoms with van der Waals surface area (Å²) in [6.45, 7) is 0. The Labute approximate surface area is 220 Å². The number of benzene rings is 4. The van der Waals surface area contributed by atoms with Crippen LogP contribution in [-0.2, 0) is 0 Å². The Morgan fingerprint density at radius 1 is 0.487 bits per heavy atom. The highest BCUT2D eigenvalue weighted by Crippen LogP contribution is 2.58. The zero-order valence-electron chi connectivity index (χ0n) is 20.3. The minimum atomic E-state index is -6.32. The van der Waals surface area contributed by atoms with E-state index in [4.69, 9.17) is 20.9 Å². The van der Waals surface area contributed by atoms with Crippen LogP contribution in [0.5, 0.6) is 11.5 Å². The highest BCUT2D eigenvalue weighted by molar-refractivity contribution is 5.43. The van der Waals surface area contributed by atoms with Crippen LogP contribution < -0.4 is 20.9 Å². The molecule has 0 bridgehead atoms. The normalized spacial score (nSPS) is 15.1. The van der Waals surface area contributed by atoms with Gasteiger partial charge in [-0.15, -0.1) is 0 Å². The molecule has 4 N–H and O–H groups in total. The highest BCUT2D eigenvalue weighted by atomic mass is 19.4. The molecule has 0 aliphatic carbocycles. The molecule has 0 radical (unpaired) electrons. The first-order valence-corrected chi connectivity index (χ1v) is 11.7. The predicted octanol–water partition coefficient (Wildman–Crippen LogP) is 7.70. The maximum atomic E-state index is 17.5. The zero-order valence-corrected chi connectivity index (χ0v) is 20.3. The summed E-state index contributed by atoms with van der Waals surface area (Å²) in [7, 11) is 0. The number of alkyl halides is 6. The number of hydrogen-bond donors (Lipinski definition) is 2. The van der Waals surface area contributed by atoms with E-state index in [1.807, 2.05) is 0 Å². The lowest BCUT2D eigenvalue weighted by atomic mass is 9.78. The minimum Gasteiger partial charge on any atom is -0.482 e. The molecule has 0 saturated heterocycles. The van der Waals surface area contributed by atoms with Crippen LogP contribution in [0.15, 0.2) is 109 Å². The summed E-state index contributed by atoms with van der Waals surface area (Å²) < 4.78 is 103. The number of halogens is 6. The van der Waals surface area contributed by atoms with Gasteiger partial charge in [-0.05, 0) is 59.7 Å². The van der Waals surface area contributed by atoms with E-state index in [0.717, 1.165) is 0 Å².